The van der Waals surface area contributed by atoms with Gasteiger partial charge in [0, 0.05) is 18.3 Å². The van der Waals surface area contributed by atoms with Crippen molar-refractivity contribution in [1.82, 2.24) is 4.98 Å². The highest BCUT2D eigenvalue weighted by atomic mass is 19.4. The molecule has 0 amide bonds. The molecule has 0 atom stereocenters. The number of aromatic nitrogens is 1. The molecule has 0 bridgehead atoms. The molecule has 4 nitrogen and oxygen atoms in total. The van der Waals surface area contributed by atoms with Crippen molar-refractivity contribution in [3.8, 4) is 11.5 Å². The number of hydrogen-bond donors (Lipinski definition) is 1. The Morgan fingerprint density at radius 1 is 1.16 bits per heavy atom. The van der Waals surface area contributed by atoms with Gasteiger partial charge in [0.15, 0.2) is 11.4 Å². The van der Waals surface area contributed by atoms with E-state index in [1.807, 2.05) is 0 Å². The molecule has 0 aliphatic carbocycles. The summed E-state index contributed by atoms with van der Waals surface area (Å²) in [5.41, 5.74) is 3.20. The summed E-state index contributed by atoms with van der Waals surface area (Å²) in [7, 11) is 0.901. The molecule has 0 saturated carbocycles. The highest BCUT2D eigenvalue weighted by Crippen LogP contribution is 2.43. The van der Waals surface area contributed by atoms with Gasteiger partial charge in [0.05, 0.1) is 7.11 Å². The van der Waals surface area contributed by atoms with Crippen LogP contribution in [0.3, 0.4) is 0 Å². The summed E-state index contributed by atoms with van der Waals surface area (Å²) < 4.78 is 82.1. The Morgan fingerprint density at radius 2 is 1.74 bits per heavy atom. The Hall–Kier alpha value is -1.71. The molecule has 1 aromatic rings. The first-order chi connectivity index (χ1) is 8.60. The maximum atomic E-state index is 12.6. The molecule has 0 spiro atoms. The van der Waals surface area contributed by atoms with E-state index in [2.05, 4.69) is 14.5 Å². The predicted molar refractivity (Wildman–Crippen MR) is 50.4 cm³/mol. The largest absolute Gasteiger partial charge is 0.573 e. The number of methoxy groups -OCH3 is 1. The third-order valence-electron chi connectivity index (χ3n) is 1.97. The van der Waals surface area contributed by atoms with Gasteiger partial charge in [-0.3, -0.25) is 0 Å². The van der Waals surface area contributed by atoms with Crippen molar-refractivity contribution in [2.24, 2.45) is 5.73 Å². The minimum atomic E-state index is -5.32. The van der Waals surface area contributed by atoms with Gasteiger partial charge in [0.25, 0.3) is 0 Å². The van der Waals surface area contributed by atoms with Crippen LogP contribution in [0.1, 0.15) is 11.3 Å². The number of pyridine rings is 1. The van der Waals surface area contributed by atoms with Crippen molar-refractivity contribution in [1.29, 1.82) is 0 Å². The van der Waals surface area contributed by atoms with E-state index in [1.165, 1.54) is 0 Å². The third kappa shape index (κ3) is 3.63. The Morgan fingerprint density at radius 3 is 2.11 bits per heavy atom. The van der Waals surface area contributed by atoms with Crippen LogP contribution in [0.2, 0.25) is 0 Å². The van der Waals surface area contributed by atoms with Crippen LogP contribution in [0.25, 0.3) is 0 Å². The molecule has 0 unspecified atom stereocenters. The summed E-state index contributed by atoms with van der Waals surface area (Å²) >= 11 is 0. The Kier molecular flexibility index (Phi) is 4.13. The van der Waals surface area contributed by atoms with Gasteiger partial charge < -0.3 is 15.2 Å². The minimum absolute atomic E-state index is 0.144. The lowest BCUT2D eigenvalue weighted by atomic mass is 10.2. The van der Waals surface area contributed by atoms with Gasteiger partial charge in [-0.2, -0.15) is 13.2 Å². The second-order valence-electron chi connectivity index (χ2n) is 3.24. The van der Waals surface area contributed by atoms with Crippen molar-refractivity contribution in [2.45, 2.75) is 19.1 Å². The van der Waals surface area contributed by atoms with Crippen molar-refractivity contribution < 1.29 is 35.8 Å². The normalized spacial score (nSPS) is 12.4. The lowest BCUT2D eigenvalue weighted by Crippen LogP contribution is -2.22. The van der Waals surface area contributed by atoms with Gasteiger partial charge in [-0.15, -0.1) is 13.2 Å². The average molecular weight is 290 g/mol. The molecule has 1 rings (SSSR count). The van der Waals surface area contributed by atoms with E-state index >= 15 is 0 Å². The van der Waals surface area contributed by atoms with Crippen molar-refractivity contribution >= 4 is 0 Å². The first kappa shape index (κ1) is 15.3. The van der Waals surface area contributed by atoms with E-state index in [0.29, 0.717) is 6.20 Å². The number of alkyl halides is 6. The Balaban J connectivity index is 3.49. The van der Waals surface area contributed by atoms with Crippen molar-refractivity contribution in [2.75, 3.05) is 7.11 Å². The molecule has 0 aliphatic rings. The summed E-state index contributed by atoms with van der Waals surface area (Å²) in [6.07, 6.45) is -9.76. The fourth-order valence-corrected chi connectivity index (χ4v) is 1.29. The number of rotatable bonds is 3. The van der Waals surface area contributed by atoms with Crippen LogP contribution >= 0.6 is 0 Å². The van der Waals surface area contributed by atoms with E-state index in [1.54, 1.807) is 0 Å². The molecular formula is C9H8F6N2O2. The number of hydrogen-bond acceptors (Lipinski definition) is 4. The third-order valence-corrected chi connectivity index (χ3v) is 1.97. The van der Waals surface area contributed by atoms with Crippen LogP contribution in [-0.4, -0.2) is 18.5 Å². The second-order valence-corrected chi connectivity index (χ2v) is 3.24. The van der Waals surface area contributed by atoms with Crippen LogP contribution in [0.4, 0.5) is 26.3 Å². The van der Waals surface area contributed by atoms with Crippen LogP contribution in [-0.2, 0) is 12.7 Å². The molecule has 0 aliphatic heterocycles. The molecule has 10 heteroatoms. The lowest BCUT2D eigenvalue weighted by Gasteiger charge is -2.18. The molecule has 0 fully saturated rings. The van der Waals surface area contributed by atoms with Gasteiger partial charge in [0.1, 0.15) is 0 Å². The number of nitrogens with zero attached hydrogens (tertiary/aromatic N) is 1. The van der Waals surface area contributed by atoms with Crippen molar-refractivity contribution in [3.05, 3.63) is 17.5 Å². The molecule has 19 heavy (non-hydrogen) atoms. The smallest absolute Gasteiger partial charge is 0.492 e. The van der Waals surface area contributed by atoms with E-state index in [9.17, 15) is 26.3 Å². The van der Waals surface area contributed by atoms with Gasteiger partial charge in [-0.25, -0.2) is 4.98 Å². The number of ether oxygens (including phenoxy) is 2. The second kappa shape index (κ2) is 5.11. The molecule has 1 aromatic heterocycles. The quantitative estimate of drug-likeness (QED) is 0.869. The zero-order valence-corrected chi connectivity index (χ0v) is 9.39. The molecule has 0 saturated heterocycles. The molecule has 1 heterocycles. The van der Waals surface area contributed by atoms with Crippen molar-refractivity contribution in [3.63, 3.8) is 0 Å². The fraction of sp³-hybridized carbons (Fsp3) is 0.444. The van der Waals surface area contributed by atoms with E-state index in [-0.39, 0.29) is 12.1 Å². The zero-order chi connectivity index (χ0) is 14.8. The molecule has 2 N–H and O–H groups in total. The van der Waals surface area contributed by atoms with Crippen LogP contribution in [0.15, 0.2) is 6.20 Å². The van der Waals surface area contributed by atoms with Crippen LogP contribution in [0.5, 0.6) is 11.5 Å². The van der Waals surface area contributed by atoms with E-state index in [4.69, 9.17) is 5.73 Å². The Labute approximate surface area is 103 Å². The SMILES string of the molecule is COc1c(CN)cnc(C(F)(F)F)c1OC(F)(F)F. The topological polar surface area (TPSA) is 57.4 Å². The standard InChI is InChI=1S/C9H8F6N2O2/c1-18-5-4(2-16)3-17-7(8(10,11)12)6(5)19-9(13,14)15/h3H,2,16H2,1H3. The minimum Gasteiger partial charge on any atom is -0.492 e. The van der Waals surface area contributed by atoms with E-state index < -0.39 is 29.7 Å². The first-order valence-corrected chi connectivity index (χ1v) is 4.69. The van der Waals surface area contributed by atoms with Gasteiger partial charge in [0.2, 0.25) is 5.75 Å². The maximum absolute atomic E-state index is 12.6. The van der Waals surface area contributed by atoms with Crippen LogP contribution < -0.4 is 15.2 Å². The lowest BCUT2D eigenvalue weighted by molar-refractivity contribution is -0.277. The maximum Gasteiger partial charge on any atom is 0.573 e. The summed E-state index contributed by atoms with van der Waals surface area (Å²) in [6.45, 7) is -0.359. The van der Waals surface area contributed by atoms with Gasteiger partial charge in [-0.05, 0) is 0 Å². The monoisotopic (exact) mass is 290 g/mol. The predicted octanol–water partition coefficient (Wildman–Crippen LogP) is 2.47. The molecule has 0 radical (unpaired) electrons. The zero-order valence-electron chi connectivity index (χ0n) is 9.39. The number of halogens is 6. The summed E-state index contributed by atoms with van der Waals surface area (Å²) in [5.74, 6) is -2.30. The van der Waals surface area contributed by atoms with Crippen LogP contribution in [0, 0.1) is 0 Å². The van der Waals surface area contributed by atoms with Gasteiger partial charge in [-0.1, -0.05) is 0 Å². The average Bonchev–Trinajstić information content (AvgIpc) is 2.24. The highest BCUT2D eigenvalue weighted by molar-refractivity contribution is 5.49. The molecular weight excluding hydrogens is 282 g/mol. The fourth-order valence-electron chi connectivity index (χ4n) is 1.29. The Bertz CT molecular complexity index is 457. The summed E-state index contributed by atoms with van der Waals surface area (Å²) in [4.78, 5) is 2.90. The molecule has 0 aromatic carbocycles. The molecule has 108 valence electrons. The first-order valence-electron chi connectivity index (χ1n) is 4.69. The summed E-state index contributed by atoms with van der Waals surface area (Å²) in [6, 6.07) is 0. The van der Waals surface area contributed by atoms with Gasteiger partial charge >= 0.3 is 12.5 Å². The van der Waals surface area contributed by atoms with E-state index in [0.717, 1.165) is 7.11 Å². The summed E-state index contributed by atoms with van der Waals surface area (Å²) in [5, 5.41) is 0. The highest BCUT2D eigenvalue weighted by Gasteiger charge is 2.43. The number of nitrogens with two attached hydrogens (primary N) is 1.